The van der Waals surface area contributed by atoms with Crippen molar-refractivity contribution in [2.24, 2.45) is 5.73 Å². The van der Waals surface area contributed by atoms with Crippen molar-refractivity contribution in [3.63, 3.8) is 0 Å². The summed E-state index contributed by atoms with van der Waals surface area (Å²) in [5.74, 6) is -0.936. The molecule has 1 amide bonds. The van der Waals surface area contributed by atoms with Crippen LogP contribution in [0.1, 0.15) is 28.9 Å². The monoisotopic (exact) mass is 288 g/mol. The SMILES string of the molecule is NC(=O)c1ccc(C(F)(F)F)nc1NCC1CCCN1. The largest absolute Gasteiger partial charge is 0.433 e. The first-order valence-corrected chi connectivity index (χ1v) is 6.23. The fraction of sp³-hybridized carbons (Fsp3) is 0.500. The van der Waals surface area contributed by atoms with Crippen LogP contribution in [0.25, 0.3) is 0 Å². The number of amides is 1. The summed E-state index contributed by atoms with van der Waals surface area (Å²) in [6.07, 6.45) is -2.61. The van der Waals surface area contributed by atoms with Gasteiger partial charge < -0.3 is 16.4 Å². The molecule has 0 radical (unpaired) electrons. The highest BCUT2D eigenvalue weighted by Crippen LogP contribution is 2.29. The molecule has 1 aliphatic rings. The molecule has 0 bridgehead atoms. The lowest BCUT2D eigenvalue weighted by Crippen LogP contribution is -2.30. The summed E-state index contributed by atoms with van der Waals surface area (Å²) in [5, 5.41) is 5.97. The molecular weight excluding hydrogens is 273 g/mol. The third-order valence-electron chi connectivity index (χ3n) is 3.13. The highest BCUT2D eigenvalue weighted by Gasteiger charge is 2.33. The van der Waals surface area contributed by atoms with Gasteiger partial charge in [-0.2, -0.15) is 13.2 Å². The summed E-state index contributed by atoms with van der Waals surface area (Å²) in [6, 6.07) is 1.95. The van der Waals surface area contributed by atoms with Crippen LogP contribution in [0, 0.1) is 0 Å². The van der Waals surface area contributed by atoms with Crippen molar-refractivity contribution < 1.29 is 18.0 Å². The lowest BCUT2D eigenvalue weighted by molar-refractivity contribution is -0.141. The molecule has 1 atom stereocenters. The number of carbonyl (C=O) groups is 1. The van der Waals surface area contributed by atoms with E-state index in [9.17, 15) is 18.0 Å². The number of alkyl halides is 3. The normalized spacial score (nSPS) is 19.1. The predicted molar refractivity (Wildman–Crippen MR) is 67.3 cm³/mol. The van der Waals surface area contributed by atoms with E-state index in [1.165, 1.54) is 0 Å². The highest BCUT2D eigenvalue weighted by atomic mass is 19.4. The Kier molecular flexibility index (Phi) is 4.12. The van der Waals surface area contributed by atoms with Crippen LogP contribution < -0.4 is 16.4 Å². The van der Waals surface area contributed by atoms with E-state index in [1.54, 1.807) is 0 Å². The quantitative estimate of drug-likeness (QED) is 0.781. The zero-order valence-corrected chi connectivity index (χ0v) is 10.6. The molecule has 4 N–H and O–H groups in total. The van der Waals surface area contributed by atoms with Gasteiger partial charge in [-0.15, -0.1) is 0 Å². The molecule has 110 valence electrons. The molecule has 2 heterocycles. The average molecular weight is 288 g/mol. The van der Waals surface area contributed by atoms with E-state index in [-0.39, 0.29) is 17.4 Å². The first-order valence-electron chi connectivity index (χ1n) is 6.23. The van der Waals surface area contributed by atoms with Crippen molar-refractivity contribution in [2.45, 2.75) is 25.1 Å². The Morgan fingerprint density at radius 1 is 1.50 bits per heavy atom. The van der Waals surface area contributed by atoms with E-state index in [0.717, 1.165) is 31.5 Å². The number of pyridine rings is 1. The van der Waals surface area contributed by atoms with E-state index in [4.69, 9.17) is 5.73 Å². The van der Waals surface area contributed by atoms with Crippen LogP contribution in [0.15, 0.2) is 12.1 Å². The third kappa shape index (κ3) is 3.38. The van der Waals surface area contributed by atoms with Crippen LogP contribution in [-0.4, -0.2) is 30.0 Å². The van der Waals surface area contributed by atoms with Gasteiger partial charge in [-0.05, 0) is 31.5 Å². The zero-order valence-electron chi connectivity index (χ0n) is 10.6. The highest BCUT2D eigenvalue weighted by molar-refractivity contribution is 5.97. The fourth-order valence-corrected chi connectivity index (χ4v) is 2.10. The number of hydrogen-bond acceptors (Lipinski definition) is 4. The Balaban J connectivity index is 2.20. The fourth-order valence-electron chi connectivity index (χ4n) is 2.10. The number of nitrogens with zero attached hydrogens (tertiary/aromatic N) is 1. The minimum absolute atomic E-state index is 0.0454. The molecule has 2 rings (SSSR count). The smallest absolute Gasteiger partial charge is 0.368 e. The number of nitrogens with two attached hydrogens (primary N) is 1. The Bertz CT molecular complexity index is 498. The second-order valence-corrected chi connectivity index (χ2v) is 4.63. The number of hydrogen-bond donors (Lipinski definition) is 3. The molecule has 0 saturated carbocycles. The maximum atomic E-state index is 12.6. The Hall–Kier alpha value is -1.83. The maximum absolute atomic E-state index is 12.6. The van der Waals surface area contributed by atoms with Gasteiger partial charge in [0.15, 0.2) is 0 Å². The van der Waals surface area contributed by atoms with Crippen molar-refractivity contribution in [3.05, 3.63) is 23.4 Å². The minimum Gasteiger partial charge on any atom is -0.368 e. The number of aromatic nitrogens is 1. The lowest BCUT2D eigenvalue weighted by Gasteiger charge is -2.15. The molecule has 1 aromatic rings. The number of primary amides is 1. The van der Waals surface area contributed by atoms with Crippen LogP contribution in [0.4, 0.5) is 19.0 Å². The second kappa shape index (κ2) is 5.66. The number of nitrogens with one attached hydrogen (secondary N) is 2. The third-order valence-corrected chi connectivity index (χ3v) is 3.13. The van der Waals surface area contributed by atoms with Gasteiger partial charge in [0.25, 0.3) is 5.91 Å². The van der Waals surface area contributed by atoms with Crippen molar-refractivity contribution in [3.8, 4) is 0 Å². The molecule has 1 aromatic heterocycles. The topological polar surface area (TPSA) is 80.0 Å². The van der Waals surface area contributed by atoms with E-state index < -0.39 is 17.8 Å². The summed E-state index contributed by atoms with van der Waals surface area (Å²) in [6.45, 7) is 1.28. The van der Waals surface area contributed by atoms with Crippen LogP contribution in [0.5, 0.6) is 0 Å². The summed E-state index contributed by atoms with van der Waals surface area (Å²) in [4.78, 5) is 14.7. The van der Waals surface area contributed by atoms with Gasteiger partial charge >= 0.3 is 6.18 Å². The zero-order chi connectivity index (χ0) is 14.8. The molecular formula is C12H15F3N4O. The number of carbonyl (C=O) groups excluding carboxylic acids is 1. The van der Waals surface area contributed by atoms with Gasteiger partial charge in [0.1, 0.15) is 11.5 Å². The van der Waals surface area contributed by atoms with E-state index in [1.807, 2.05) is 0 Å². The molecule has 0 spiro atoms. The number of rotatable bonds is 4. The average Bonchev–Trinajstić information content (AvgIpc) is 2.87. The Morgan fingerprint density at radius 2 is 2.25 bits per heavy atom. The predicted octanol–water partition coefficient (Wildman–Crippen LogP) is 1.36. The van der Waals surface area contributed by atoms with Crippen molar-refractivity contribution in [1.29, 1.82) is 0 Å². The molecule has 1 unspecified atom stereocenters. The molecule has 8 heteroatoms. The van der Waals surface area contributed by atoms with Gasteiger partial charge in [-0.25, -0.2) is 4.98 Å². The van der Waals surface area contributed by atoms with Gasteiger partial charge in [0.2, 0.25) is 0 Å². The van der Waals surface area contributed by atoms with Crippen molar-refractivity contribution in [1.82, 2.24) is 10.3 Å². The number of anilines is 1. The molecule has 1 saturated heterocycles. The Labute approximate surface area is 113 Å². The van der Waals surface area contributed by atoms with Gasteiger partial charge in [0, 0.05) is 12.6 Å². The van der Waals surface area contributed by atoms with Crippen LogP contribution in [0.3, 0.4) is 0 Å². The van der Waals surface area contributed by atoms with Crippen molar-refractivity contribution in [2.75, 3.05) is 18.4 Å². The van der Waals surface area contributed by atoms with Gasteiger partial charge in [0.05, 0.1) is 5.56 Å². The molecule has 20 heavy (non-hydrogen) atoms. The summed E-state index contributed by atoms with van der Waals surface area (Å²) in [7, 11) is 0. The molecule has 5 nitrogen and oxygen atoms in total. The van der Waals surface area contributed by atoms with Crippen LogP contribution in [-0.2, 0) is 6.18 Å². The molecule has 0 aromatic carbocycles. The van der Waals surface area contributed by atoms with Gasteiger partial charge in [-0.1, -0.05) is 0 Å². The summed E-state index contributed by atoms with van der Waals surface area (Å²) < 4.78 is 37.9. The first kappa shape index (κ1) is 14.6. The Morgan fingerprint density at radius 3 is 2.80 bits per heavy atom. The summed E-state index contributed by atoms with van der Waals surface area (Å²) >= 11 is 0. The maximum Gasteiger partial charge on any atom is 0.433 e. The van der Waals surface area contributed by atoms with E-state index in [0.29, 0.717) is 6.54 Å². The van der Waals surface area contributed by atoms with Gasteiger partial charge in [-0.3, -0.25) is 4.79 Å². The minimum atomic E-state index is -4.56. The second-order valence-electron chi connectivity index (χ2n) is 4.63. The lowest BCUT2D eigenvalue weighted by atomic mass is 10.2. The summed E-state index contributed by atoms with van der Waals surface area (Å²) in [5.41, 5.74) is 4.04. The standard InChI is InChI=1S/C12H15F3N4O/c13-12(14,15)9-4-3-8(10(16)20)11(19-9)18-6-7-2-1-5-17-7/h3-4,7,17H,1-2,5-6H2,(H2,16,20)(H,18,19). The number of halogens is 3. The van der Waals surface area contributed by atoms with E-state index >= 15 is 0 Å². The molecule has 1 aliphatic heterocycles. The van der Waals surface area contributed by atoms with Crippen molar-refractivity contribution >= 4 is 11.7 Å². The molecule has 1 fully saturated rings. The van der Waals surface area contributed by atoms with Crippen LogP contribution >= 0.6 is 0 Å². The van der Waals surface area contributed by atoms with E-state index in [2.05, 4.69) is 15.6 Å². The van der Waals surface area contributed by atoms with Crippen LogP contribution in [0.2, 0.25) is 0 Å². The molecule has 0 aliphatic carbocycles. The first-order chi connectivity index (χ1) is 9.38.